The summed E-state index contributed by atoms with van der Waals surface area (Å²) < 4.78 is 20.4. The van der Waals surface area contributed by atoms with Crippen molar-refractivity contribution < 1.29 is 13.9 Å². The molecular formula is C18H17FN4O2. The highest BCUT2D eigenvalue weighted by Crippen LogP contribution is 2.25. The fourth-order valence-corrected chi connectivity index (χ4v) is 2.52. The van der Waals surface area contributed by atoms with Crippen molar-refractivity contribution in [3.05, 3.63) is 72.1 Å². The maximum atomic E-state index is 14.0. The molecule has 0 amide bonds. The first-order valence-corrected chi connectivity index (χ1v) is 7.65. The van der Waals surface area contributed by atoms with Crippen LogP contribution in [0.5, 0.6) is 0 Å². The number of pyridine rings is 1. The molecule has 7 heteroatoms. The Balaban J connectivity index is 1.94. The van der Waals surface area contributed by atoms with E-state index in [1.54, 1.807) is 55.8 Å². The molecule has 0 radical (unpaired) electrons. The van der Waals surface area contributed by atoms with Gasteiger partial charge >= 0.3 is 5.97 Å². The summed E-state index contributed by atoms with van der Waals surface area (Å²) in [5, 5.41) is 7.33. The Bertz CT molecular complexity index is 880. The van der Waals surface area contributed by atoms with Crippen molar-refractivity contribution in [3.8, 4) is 5.69 Å². The number of nitrogens with one attached hydrogen (secondary N) is 1. The van der Waals surface area contributed by atoms with E-state index in [0.29, 0.717) is 22.6 Å². The van der Waals surface area contributed by atoms with Gasteiger partial charge in [0, 0.05) is 18.0 Å². The first-order chi connectivity index (χ1) is 12.1. The quantitative estimate of drug-likeness (QED) is 0.723. The number of anilines is 1. The van der Waals surface area contributed by atoms with Crippen LogP contribution in [-0.2, 0) is 9.53 Å². The van der Waals surface area contributed by atoms with Crippen LogP contribution in [0.4, 0.5) is 10.1 Å². The Morgan fingerprint density at radius 2 is 2.04 bits per heavy atom. The summed E-state index contributed by atoms with van der Waals surface area (Å²) in [4.78, 5) is 16.2. The number of aromatic nitrogens is 3. The number of esters is 1. The van der Waals surface area contributed by atoms with Crippen molar-refractivity contribution in [3.63, 3.8) is 0 Å². The number of para-hydroxylation sites is 1. The van der Waals surface area contributed by atoms with Crippen LogP contribution in [0.25, 0.3) is 5.69 Å². The number of methoxy groups -OCH3 is 1. The Morgan fingerprint density at radius 1 is 1.24 bits per heavy atom. The number of hydrogen-bond donors (Lipinski definition) is 1. The molecule has 0 spiro atoms. The minimum absolute atomic E-state index is 0.337. The summed E-state index contributed by atoms with van der Waals surface area (Å²) in [6.45, 7) is 1.79. The molecule has 3 rings (SSSR count). The molecule has 0 aliphatic carbocycles. The molecule has 1 aromatic carbocycles. The molecule has 6 nitrogen and oxygen atoms in total. The summed E-state index contributed by atoms with van der Waals surface area (Å²) in [6.07, 6.45) is 4.76. The molecule has 0 bridgehead atoms. The van der Waals surface area contributed by atoms with Gasteiger partial charge in [-0.05, 0) is 25.1 Å². The number of carbonyl (C=O) groups excluding carboxylic acids is 1. The van der Waals surface area contributed by atoms with Gasteiger partial charge in [0.15, 0.2) is 6.04 Å². The van der Waals surface area contributed by atoms with Crippen molar-refractivity contribution >= 4 is 11.7 Å². The second-order valence-corrected chi connectivity index (χ2v) is 5.39. The first-order valence-electron chi connectivity index (χ1n) is 7.65. The molecule has 1 atom stereocenters. The molecule has 0 unspecified atom stereocenters. The van der Waals surface area contributed by atoms with Crippen molar-refractivity contribution in [1.29, 1.82) is 0 Å². The molecule has 2 heterocycles. The third-order valence-corrected chi connectivity index (χ3v) is 3.84. The minimum Gasteiger partial charge on any atom is -0.467 e. The zero-order valence-corrected chi connectivity index (χ0v) is 13.8. The molecule has 0 saturated heterocycles. The van der Waals surface area contributed by atoms with E-state index in [4.69, 9.17) is 4.74 Å². The highest BCUT2D eigenvalue weighted by molar-refractivity contribution is 5.81. The topological polar surface area (TPSA) is 69.0 Å². The standard InChI is InChI=1S/C18H17FN4O2/c1-12-15(11-21-23(12)16-8-4-3-7-14(16)19)22-17(18(24)25-2)13-6-5-9-20-10-13/h3-11,17,22H,1-2H3/t17-/m1/s1. The van der Waals surface area contributed by atoms with Crippen molar-refractivity contribution in [1.82, 2.24) is 14.8 Å². The molecular weight excluding hydrogens is 323 g/mol. The second kappa shape index (κ2) is 7.12. The zero-order chi connectivity index (χ0) is 17.8. The first kappa shape index (κ1) is 16.6. The number of carbonyl (C=O) groups is 1. The third-order valence-electron chi connectivity index (χ3n) is 3.84. The van der Waals surface area contributed by atoms with Gasteiger partial charge in [0.25, 0.3) is 0 Å². The monoisotopic (exact) mass is 340 g/mol. The Hall–Kier alpha value is -3.22. The summed E-state index contributed by atoms with van der Waals surface area (Å²) >= 11 is 0. The summed E-state index contributed by atoms with van der Waals surface area (Å²) in [6, 6.07) is 9.14. The highest BCUT2D eigenvalue weighted by Gasteiger charge is 2.23. The van der Waals surface area contributed by atoms with Crippen LogP contribution in [0, 0.1) is 12.7 Å². The Morgan fingerprint density at radius 3 is 2.72 bits per heavy atom. The molecule has 25 heavy (non-hydrogen) atoms. The van der Waals surface area contributed by atoms with Gasteiger partial charge in [0.1, 0.15) is 11.5 Å². The van der Waals surface area contributed by atoms with E-state index in [0.717, 1.165) is 0 Å². The van der Waals surface area contributed by atoms with Gasteiger partial charge in [-0.3, -0.25) is 4.98 Å². The van der Waals surface area contributed by atoms with Crippen molar-refractivity contribution in [2.75, 3.05) is 12.4 Å². The predicted molar refractivity (Wildman–Crippen MR) is 90.9 cm³/mol. The van der Waals surface area contributed by atoms with Crippen molar-refractivity contribution in [2.45, 2.75) is 13.0 Å². The second-order valence-electron chi connectivity index (χ2n) is 5.39. The fourth-order valence-electron chi connectivity index (χ4n) is 2.52. The number of ether oxygens (including phenoxy) is 1. The van der Waals surface area contributed by atoms with E-state index in [1.165, 1.54) is 17.9 Å². The smallest absolute Gasteiger partial charge is 0.333 e. The third kappa shape index (κ3) is 3.35. The van der Waals surface area contributed by atoms with E-state index in [2.05, 4.69) is 15.4 Å². The lowest BCUT2D eigenvalue weighted by Gasteiger charge is -2.17. The SMILES string of the molecule is COC(=O)[C@H](Nc1cnn(-c2ccccc2F)c1C)c1cccnc1. The van der Waals surface area contributed by atoms with E-state index >= 15 is 0 Å². The number of halogens is 1. The van der Waals surface area contributed by atoms with Gasteiger partial charge < -0.3 is 10.1 Å². The Kier molecular flexibility index (Phi) is 4.74. The number of hydrogen-bond acceptors (Lipinski definition) is 5. The van der Waals surface area contributed by atoms with Crippen LogP contribution in [0.1, 0.15) is 17.3 Å². The van der Waals surface area contributed by atoms with Crippen LogP contribution in [0.2, 0.25) is 0 Å². The number of rotatable bonds is 5. The lowest BCUT2D eigenvalue weighted by Crippen LogP contribution is -2.22. The number of benzene rings is 1. The van der Waals surface area contributed by atoms with Gasteiger partial charge in [-0.2, -0.15) is 5.10 Å². The lowest BCUT2D eigenvalue weighted by molar-refractivity contribution is -0.141. The van der Waals surface area contributed by atoms with Crippen LogP contribution in [0.15, 0.2) is 55.0 Å². The lowest BCUT2D eigenvalue weighted by atomic mass is 10.1. The molecule has 3 aromatic rings. The maximum Gasteiger partial charge on any atom is 0.333 e. The summed E-state index contributed by atoms with van der Waals surface area (Å²) in [7, 11) is 1.32. The minimum atomic E-state index is -0.740. The average Bonchev–Trinajstić information content (AvgIpc) is 3.00. The maximum absolute atomic E-state index is 14.0. The van der Waals surface area contributed by atoms with E-state index in [-0.39, 0.29) is 5.82 Å². The highest BCUT2D eigenvalue weighted by atomic mass is 19.1. The molecule has 0 aliphatic heterocycles. The predicted octanol–water partition coefficient (Wildman–Crippen LogP) is 3.04. The van der Waals surface area contributed by atoms with Crippen LogP contribution < -0.4 is 5.32 Å². The molecule has 0 fully saturated rings. The van der Waals surface area contributed by atoms with E-state index in [9.17, 15) is 9.18 Å². The number of nitrogens with zero attached hydrogens (tertiary/aromatic N) is 3. The zero-order valence-electron chi connectivity index (χ0n) is 13.8. The molecule has 128 valence electrons. The van der Waals surface area contributed by atoms with Crippen LogP contribution in [0.3, 0.4) is 0 Å². The molecule has 0 saturated carbocycles. The average molecular weight is 340 g/mol. The van der Waals surface area contributed by atoms with Gasteiger partial charge in [0.2, 0.25) is 0 Å². The molecule has 0 aliphatic rings. The summed E-state index contributed by atoms with van der Waals surface area (Å²) in [5.74, 6) is -0.830. The summed E-state index contributed by atoms with van der Waals surface area (Å²) in [5.41, 5.74) is 2.27. The van der Waals surface area contributed by atoms with Gasteiger partial charge in [-0.15, -0.1) is 0 Å². The molecule has 1 N–H and O–H groups in total. The largest absolute Gasteiger partial charge is 0.467 e. The Labute approximate surface area is 144 Å². The van der Waals surface area contributed by atoms with Crippen molar-refractivity contribution in [2.24, 2.45) is 0 Å². The van der Waals surface area contributed by atoms with Gasteiger partial charge in [-0.25, -0.2) is 13.9 Å². The van der Waals surface area contributed by atoms with Crippen LogP contribution in [-0.4, -0.2) is 27.8 Å². The van der Waals surface area contributed by atoms with Gasteiger partial charge in [-0.1, -0.05) is 18.2 Å². The normalized spacial score (nSPS) is 11.8. The van der Waals surface area contributed by atoms with E-state index in [1.807, 2.05) is 0 Å². The van der Waals surface area contributed by atoms with Crippen LogP contribution >= 0.6 is 0 Å². The fraction of sp³-hybridized carbons (Fsp3) is 0.167. The van der Waals surface area contributed by atoms with Gasteiger partial charge in [0.05, 0.1) is 24.7 Å². The van der Waals surface area contributed by atoms with E-state index < -0.39 is 12.0 Å². The molecule has 2 aromatic heterocycles.